The van der Waals surface area contributed by atoms with Crippen molar-refractivity contribution in [1.29, 1.82) is 5.26 Å². The number of nitrogens with one attached hydrogen (secondary N) is 1. The van der Waals surface area contributed by atoms with Crippen LogP contribution >= 0.6 is 0 Å². The zero-order chi connectivity index (χ0) is 16.4. The molecule has 1 N–H and O–H groups in total. The van der Waals surface area contributed by atoms with E-state index in [4.69, 9.17) is 0 Å². The fraction of sp³-hybridized carbons (Fsp3) is 0.316. The van der Waals surface area contributed by atoms with E-state index >= 15 is 0 Å². The van der Waals surface area contributed by atoms with Crippen LogP contribution < -0.4 is 5.32 Å². The predicted octanol–water partition coefficient (Wildman–Crippen LogP) is 3.72. The minimum atomic E-state index is -0.0814. The first kappa shape index (κ1) is 15.2. The van der Waals surface area contributed by atoms with Gasteiger partial charge in [0.15, 0.2) is 5.78 Å². The Hall–Kier alpha value is -2.67. The van der Waals surface area contributed by atoms with Crippen molar-refractivity contribution in [2.75, 3.05) is 5.32 Å². The molecule has 116 valence electrons. The van der Waals surface area contributed by atoms with Gasteiger partial charge in [-0.05, 0) is 23.5 Å². The minimum Gasteiger partial charge on any atom is -0.365 e. The van der Waals surface area contributed by atoms with Crippen LogP contribution in [0.2, 0.25) is 0 Å². The number of benzene rings is 1. The van der Waals surface area contributed by atoms with Crippen molar-refractivity contribution >= 4 is 11.6 Å². The van der Waals surface area contributed by atoms with E-state index in [-0.39, 0.29) is 11.2 Å². The standard InChI is InChI=1S/C19H19N3O/c1-19(2)9-16-15(17(23)10-19)8-14(11-20)18(22-16)21-12-13-6-4-3-5-7-13/h3-8H,9-10,12H2,1-2H3,(H,21,22). The molecule has 0 bridgehead atoms. The second-order valence-electron chi connectivity index (χ2n) is 6.77. The number of carbonyl (C=O) groups is 1. The summed E-state index contributed by atoms with van der Waals surface area (Å²) in [6, 6.07) is 13.8. The number of anilines is 1. The average molecular weight is 305 g/mol. The van der Waals surface area contributed by atoms with Crippen molar-refractivity contribution in [3.63, 3.8) is 0 Å². The molecule has 0 atom stereocenters. The third-order valence-corrected chi connectivity index (χ3v) is 4.11. The number of Topliss-reactive ketones (excluding diaryl/α,β-unsaturated/α-hetero) is 1. The molecule has 1 aliphatic carbocycles. The van der Waals surface area contributed by atoms with Crippen LogP contribution in [0, 0.1) is 16.7 Å². The normalized spacial score (nSPS) is 15.6. The number of nitrogens with zero attached hydrogens (tertiary/aromatic N) is 2. The Morgan fingerprint density at radius 3 is 2.70 bits per heavy atom. The van der Waals surface area contributed by atoms with Crippen molar-refractivity contribution in [3.05, 3.63) is 58.8 Å². The molecule has 0 radical (unpaired) electrons. The summed E-state index contributed by atoms with van der Waals surface area (Å²) >= 11 is 0. The van der Waals surface area contributed by atoms with Crippen LogP contribution in [0.15, 0.2) is 36.4 Å². The van der Waals surface area contributed by atoms with Crippen LogP contribution in [-0.2, 0) is 13.0 Å². The van der Waals surface area contributed by atoms with Crippen molar-refractivity contribution < 1.29 is 4.79 Å². The first-order valence-corrected chi connectivity index (χ1v) is 7.73. The molecule has 1 aromatic heterocycles. The number of pyridine rings is 1. The molecule has 1 aromatic carbocycles. The lowest BCUT2D eigenvalue weighted by atomic mass is 9.75. The number of aromatic nitrogens is 1. The van der Waals surface area contributed by atoms with E-state index in [0.29, 0.717) is 29.9 Å². The molecule has 23 heavy (non-hydrogen) atoms. The number of fused-ring (bicyclic) bond motifs is 1. The number of rotatable bonds is 3. The lowest BCUT2D eigenvalue weighted by Crippen LogP contribution is -2.28. The van der Waals surface area contributed by atoms with Gasteiger partial charge in [0.05, 0.1) is 11.3 Å². The molecule has 1 aliphatic rings. The van der Waals surface area contributed by atoms with E-state index in [2.05, 4.69) is 30.2 Å². The molecule has 0 spiro atoms. The number of hydrogen-bond donors (Lipinski definition) is 1. The van der Waals surface area contributed by atoms with Gasteiger partial charge >= 0.3 is 0 Å². The maximum absolute atomic E-state index is 12.3. The van der Waals surface area contributed by atoms with Gasteiger partial charge in [-0.15, -0.1) is 0 Å². The Labute approximate surface area is 136 Å². The second-order valence-corrected chi connectivity index (χ2v) is 6.77. The molecule has 0 amide bonds. The third-order valence-electron chi connectivity index (χ3n) is 4.11. The molecule has 0 unspecified atom stereocenters. The van der Waals surface area contributed by atoms with Crippen LogP contribution in [0.5, 0.6) is 0 Å². The summed E-state index contributed by atoms with van der Waals surface area (Å²) in [5.74, 6) is 0.635. The van der Waals surface area contributed by atoms with E-state index in [9.17, 15) is 10.1 Å². The molecule has 4 heteroatoms. The Bertz CT molecular complexity index is 788. The summed E-state index contributed by atoms with van der Waals surface area (Å²) in [4.78, 5) is 16.9. The quantitative estimate of drug-likeness (QED) is 0.938. The maximum atomic E-state index is 12.3. The van der Waals surface area contributed by atoms with Crippen LogP contribution in [0.3, 0.4) is 0 Å². The maximum Gasteiger partial charge on any atom is 0.165 e. The predicted molar refractivity (Wildman–Crippen MR) is 89.2 cm³/mol. The highest BCUT2D eigenvalue weighted by Gasteiger charge is 2.32. The topological polar surface area (TPSA) is 65.8 Å². The van der Waals surface area contributed by atoms with E-state index < -0.39 is 0 Å². The molecule has 0 saturated carbocycles. The number of carbonyl (C=O) groups excluding carboxylic acids is 1. The number of hydrogen-bond acceptors (Lipinski definition) is 4. The van der Waals surface area contributed by atoms with E-state index in [0.717, 1.165) is 17.7 Å². The molecule has 0 fully saturated rings. The van der Waals surface area contributed by atoms with Crippen molar-refractivity contribution in [3.8, 4) is 6.07 Å². The van der Waals surface area contributed by atoms with Gasteiger partial charge in [0, 0.05) is 18.5 Å². The lowest BCUT2D eigenvalue weighted by molar-refractivity contribution is 0.0910. The van der Waals surface area contributed by atoms with E-state index in [1.54, 1.807) is 6.07 Å². The first-order valence-electron chi connectivity index (χ1n) is 7.73. The molecule has 0 aliphatic heterocycles. The van der Waals surface area contributed by atoms with E-state index in [1.807, 2.05) is 30.3 Å². The van der Waals surface area contributed by atoms with Gasteiger partial charge in [0.2, 0.25) is 0 Å². The van der Waals surface area contributed by atoms with Gasteiger partial charge in [0.25, 0.3) is 0 Å². The average Bonchev–Trinajstić information content (AvgIpc) is 2.52. The summed E-state index contributed by atoms with van der Waals surface area (Å²) in [6.07, 6.45) is 1.25. The Balaban J connectivity index is 1.92. The smallest absolute Gasteiger partial charge is 0.165 e. The number of ketones is 1. The van der Waals surface area contributed by atoms with Crippen LogP contribution in [-0.4, -0.2) is 10.8 Å². The summed E-state index contributed by atoms with van der Waals surface area (Å²) < 4.78 is 0. The van der Waals surface area contributed by atoms with Gasteiger partial charge in [-0.1, -0.05) is 44.2 Å². The zero-order valence-electron chi connectivity index (χ0n) is 13.4. The summed E-state index contributed by atoms with van der Waals surface area (Å²) in [6.45, 7) is 4.74. The van der Waals surface area contributed by atoms with Crippen molar-refractivity contribution in [2.45, 2.75) is 33.2 Å². The fourth-order valence-electron chi connectivity index (χ4n) is 2.97. The van der Waals surface area contributed by atoms with Gasteiger partial charge in [-0.2, -0.15) is 5.26 Å². The third kappa shape index (κ3) is 3.24. The molecule has 0 saturated heterocycles. The fourth-order valence-corrected chi connectivity index (χ4v) is 2.97. The van der Waals surface area contributed by atoms with Gasteiger partial charge < -0.3 is 5.32 Å². The Morgan fingerprint density at radius 1 is 1.26 bits per heavy atom. The Morgan fingerprint density at radius 2 is 2.00 bits per heavy atom. The zero-order valence-corrected chi connectivity index (χ0v) is 13.4. The van der Waals surface area contributed by atoms with Crippen LogP contribution in [0.25, 0.3) is 0 Å². The molecular weight excluding hydrogens is 286 g/mol. The molecule has 1 heterocycles. The van der Waals surface area contributed by atoms with Crippen LogP contribution in [0.1, 0.15) is 47.4 Å². The van der Waals surface area contributed by atoms with Crippen molar-refractivity contribution in [2.24, 2.45) is 5.41 Å². The van der Waals surface area contributed by atoms with E-state index in [1.165, 1.54) is 0 Å². The highest BCUT2D eigenvalue weighted by atomic mass is 16.1. The van der Waals surface area contributed by atoms with Gasteiger partial charge in [-0.25, -0.2) is 4.98 Å². The monoisotopic (exact) mass is 305 g/mol. The second kappa shape index (κ2) is 5.85. The Kier molecular flexibility index (Phi) is 3.87. The molecule has 2 aromatic rings. The highest BCUT2D eigenvalue weighted by molar-refractivity contribution is 5.99. The summed E-state index contributed by atoms with van der Waals surface area (Å²) in [5, 5.41) is 12.6. The van der Waals surface area contributed by atoms with Gasteiger partial charge in [0.1, 0.15) is 11.9 Å². The first-order chi connectivity index (χ1) is 11.0. The largest absolute Gasteiger partial charge is 0.365 e. The number of nitriles is 1. The van der Waals surface area contributed by atoms with Gasteiger partial charge in [-0.3, -0.25) is 4.79 Å². The summed E-state index contributed by atoms with van der Waals surface area (Å²) in [7, 11) is 0. The summed E-state index contributed by atoms with van der Waals surface area (Å²) in [5.41, 5.74) is 2.86. The van der Waals surface area contributed by atoms with Crippen molar-refractivity contribution in [1.82, 2.24) is 4.98 Å². The molecular formula is C19H19N3O. The SMILES string of the molecule is CC1(C)CC(=O)c2cc(C#N)c(NCc3ccccc3)nc2C1. The highest BCUT2D eigenvalue weighted by Crippen LogP contribution is 2.35. The van der Waals surface area contributed by atoms with Crippen LogP contribution in [0.4, 0.5) is 5.82 Å². The lowest BCUT2D eigenvalue weighted by Gasteiger charge is -2.29. The molecule has 4 nitrogen and oxygen atoms in total. The minimum absolute atomic E-state index is 0.0786. The molecule has 3 rings (SSSR count).